The molecule has 1 aliphatic carbocycles. The van der Waals surface area contributed by atoms with Crippen molar-refractivity contribution in [1.82, 2.24) is 5.32 Å². The Morgan fingerprint density at radius 3 is 2.78 bits per heavy atom. The van der Waals surface area contributed by atoms with Crippen molar-refractivity contribution >= 4 is 11.8 Å². The largest absolute Gasteiger partial charge is 0.313 e. The second kappa shape index (κ2) is 7.15. The lowest BCUT2D eigenvalue weighted by atomic mass is 10.2. The molecule has 0 bridgehead atoms. The van der Waals surface area contributed by atoms with Gasteiger partial charge < -0.3 is 5.32 Å². The average Bonchev–Trinajstić information content (AvgIpc) is 2.86. The number of benzene rings is 1. The van der Waals surface area contributed by atoms with Gasteiger partial charge in [0.05, 0.1) is 0 Å². The first kappa shape index (κ1) is 13.9. The second-order valence-corrected chi connectivity index (χ2v) is 6.31. The fraction of sp³-hybridized carbons (Fsp3) is 0.600. The number of nitrogens with one attached hydrogen (secondary N) is 1. The third-order valence-corrected chi connectivity index (χ3v) is 4.74. The maximum atomic E-state index is 14.0. The smallest absolute Gasteiger partial charge is 0.137 e. The normalized spacial score (nSPS) is 16.3. The molecule has 2 rings (SSSR count). The highest BCUT2D eigenvalue weighted by atomic mass is 32.2. The molecular weight excluding hydrogens is 245 g/mol. The third-order valence-electron chi connectivity index (χ3n) is 3.35. The molecule has 0 radical (unpaired) electrons. The van der Waals surface area contributed by atoms with Gasteiger partial charge in [-0.3, -0.25) is 0 Å². The Morgan fingerprint density at radius 2 is 2.11 bits per heavy atom. The lowest BCUT2D eigenvalue weighted by molar-refractivity contribution is 0.594. The first-order valence-electron chi connectivity index (χ1n) is 6.95. The van der Waals surface area contributed by atoms with Crippen LogP contribution in [0.1, 0.15) is 44.6 Å². The van der Waals surface area contributed by atoms with Gasteiger partial charge >= 0.3 is 0 Å². The van der Waals surface area contributed by atoms with E-state index in [0.717, 1.165) is 30.0 Å². The van der Waals surface area contributed by atoms with E-state index in [1.165, 1.54) is 25.7 Å². The van der Waals surface area contributed by atoms with E-state index in [2.05, 4.69) is 12.2 Å². The van der Waals surface area contributed by atoms with Crippen LogP contribution < -0.4 is 5.32 Å². The van der Waals surface area contributed by atoms with Gasteiger partial charge in [-0.25, -0.2) is 4.39 Å². The summed E-state index contributed by atoms with van der Waals surface area (Å²) in [5.41, 5.74) is 1.04. The van der Waals surface area contributed by atoms with Crippen LogP contribution in [0.15, 0.2) is 23.1 Å². The van der Waals surface area contributed by atoms with E-state index in [4.69, 9.17) is 0 Å². The van der Waals surface area contributed by atoms with Gasteiger partial charge in [0.1, 0.15) is 5.82 Å². The van der Waals surface area contributed by atoms with Crippen molar-refractivity contribution in [3.05, 3.63) is 29.6 Å². The van der Waals surface area contributed by atoms with Crippen molar-refractivity contribution < 1.29 is 4.39 Å². The van der Waals surface area contributed by atoms with Gasteiger partial charge in [-0.15, -0.1) is 11.8 Å². The molecule has 0 spiro atoms. The molecule has 1 aromatic carbocycles. The summed E-state index contributed by atoms with van der Waals surface area (Å²) >= 11 is 1.72. The molecule has 0 aliphatic heterocycles. The minimum absolute atomic E-state index is 0.0531. The molecule has 1 saturated carbocycles. The Morgan fingerprint density at radius 1 is 1.33 bits per heavy atom. The summed E-state index contributed by atoms with van der Waals surface area (Å²) in [6.07, 6.45) is 6.20. The summed E-state index contributed by atoms with van der Waals surface area (Å²) in [5, 5.41) is 3.93. The molecule has 1 aromatic rings. The fourth-order valence-corrected chi connectivity index (χ4v) is 3.59. The fourth-order valence-electron chi connectivity index (χ4n) is 2.35. The van der Waals surface area contributed by atoms with Crippen LogP contribution in [-0.4, -0.2) is 11.8 Å². The highest BCUT2D eigenvalue weighted by Gasteiger charge is 2.17. The summed E-state index contributed by atoms with van der Waals surface area (Å²) in [6, 6.07) is 5.67. The summed E-state index contributed by atoms with van der Waals surface area (Å²) in [4.78, 5) is 0.821. The molecule has 0 atom stereocenters. The van der Waals surface area contributed by atoms with Gasteiger partial charge in [0.15, 0.2) is 0 Å². The van der Waals surface area contributed by atoms with Crippen molar-refractivity contribution in [2.75, 3.05) is 6.54 Å². The average molecular weight is 267 g/mol. The zero-order chi connectivity index (χ0) is 12.8. The van der Waals surface area contributed by atoms with Gasteiger partial charge in [0.2, 0.25) is 0 Å². The van der Waals surface area contributed by atoms with Crippen LogP contribution in [-0.2, 0) is 6.54 Å². The molecule has 1 nitrogen and oxygen atoms in total. The Kier molecular flexibility index (Phi) is 5.51. The number of hydrogen-bond acceptors (Lipinski definition) is 2. The van der Waals surface area contributed by atoms with Crippen molar-refractivity contribution in [2.24, 2.45) is 0 Å². The van der Waals surface area contributed by atoms with Crippen LogP contribution in [0.3, 0.4) is 0 Å². The maximum absolute atomic E-state index is 14.0. The first-order valence-corrected chi connectivity index (χ1v) is 7.83. The summed E-state index contributed by atoms with van der Waals surface area (Å²) in [5.74, 6) is -0.0531. The second-order valence-electron chi connectivity index (χ2n) is 4.97. The molecule has 1 N–H and O–H groups in total. The third kappa shape index (κ3) is 3.99. The number of thioether (sulfide) groups is 1. The van der Waals surface area contributed by atoms with Gasteiger partial charge in [-0.1, -0.05) is 25.8 Å². The molecule has 18 heavy (non-hydrogen) atoms. The Labute approximate surface area is 114 Å². The highest BCUT2D eigenvalue weighted by Crippen LogP contribution is 2.35. The predicted octanol–water partition coefficient (Wildman–Crippen LogP) is 4.36. The van der Waals surface area contributed by atoms with Crippen molar-refractivity contribution in [3.8, 4) is 0 Å². The standard InChI is InChI=1S/C15H22FNS/c1-2-9-17-11-12-7-8-15(14(16)10-12)18-13-5-3-4-6-13/h7-8,10,13,17H,2-6,9,11H2,1H3. The molecule has 0 amide bonds. The van der Waals surface area contributed by atoms with E-state index in [1.54, 1.807) is 17.8 Å². The SMILES string of the molecule is CCCNCc1ccc(SC2CCCC2)c(F)c1. The molecule has 100 valence electrons. The Hall–Kier alpha value is -0.540. The topological polar surface area (TPSA) is 12.0 Å². The molecule has 0 aromatic heterocycles. The number of rotatable bonds is 6. The zero-order valence-corrected chi connectivity index (χ0v) is 11.9. The summed E-state index contributed by atoms with van der Waals surface area (Å²) in [6.45, 7) is 3.88. The zero-order valence-electron chi connectivity index (χ0n) is 11.0. The number of hydrogen-bond donors (Lipinski definition) is 1. The minimum Gasteiger partial charge on any atom is -0.313 e. The molecule has 3 heteroatoms. The predicted molar refractivity (Wildman–Crippen MR) is 76.5 cm³/mol. The quantitative estimate of drug-likeness (QED) is 0.769. The first-order chi connectivity index (χ1) is 8.79. The van der Waals surface area contributed by atoms with Gasteiger partial charge in [-0.2, -0.15) is 0 Å². The monoisotopic (exact) mass is 267 g/mol. The Balaban J connectivity index is 1.91. The molecular formula is C15H22FNS. The Bertz CT molecular complexity index is 375. The maximum Gasteiger partial charge on any atom is 0.137 e. The van der Waals surface area contributed by atoms with E-state index in [0.29, 0.717) is 5.25 Å². The van der Waals surface area contributed by atoms with E-state index in [9.17, 15) is 4.39 Å². The summed E-state index contributed by atoms with van der Waals surface area (Å²) < 4.78 is 14.0. The molecule has 0 saturated heterocycles. The lowest BCUT2D eigenvalue weighted by Crippen LogP contribution is -2.13. The van der Waals surface area contributed by atoms with Crippen LogP contribution in [0.5, 0.6) is 0 Å². The van der Waals surface area contributed by atoms with Crippen LogP contribution in [0.25, 0.3) is 0 Å². The lowest BCUT2D eigenvalue weighted by Gasteiger charge is -2.11. The molecule has 1 fully saturated rings. The molecule has 1 aliphatic rings. The van der Waals surface area contributed by atoms with Gasteiger partial charge in [-0.05, 0) is 43.5 Å². The van der Waals surface area contributed by atoms with Crippen molar-refractivity contribution in [3.63, 3.8) is 0 Å². The van der Waals surface area contributed by atoms with Crippen LogP contribution in [0, 0.1) is 5.82 Å². The van der Waals surface area contributed by atoms with Crippen LogP contribution in [0.4, 0.5) is 4.39 Å². The van der Waals surface area contributed by atoms with E-state index in [1.807, 2.05) is 12.1 Å². The molecule has 0 heterocycles. The molecule has 0 unspecified atom stereocenters. The van der Waals surface area contributed by atoms with E-state index >= 15 is 0 Å². The van der Waals surface area contributed by atoms with Crippen molar-refractivity contribution in [1.29, 1.82) is 0 Å². The van der Waals surface area contributed by atoms with Crippen molar-refractivity contribution in [2.45, 2.75) is 55.7 Å². The number of halogens is 1. The highest BCUT2D eigenvalue weighted by molar-refractivity contribution is 8.00. The summed E-state index contributed by atoms with van der Waals surface area (Å²) in [7, 11) is 0. The van der Waals surface area contributed by atoms with Crippen LogP contribution in [0.2, 0.25) is 0 Å². The van der Waals surface area contributed by atoms with E-state index < -0.39 is 0 Å². The van der Waals surface area contributed by atoms with E-state index in [-0.39, 0.29) is 5.82 Å². The van der Waals surface area contributed by atoms with Gasteiger partial charge in [0.25, 0.3) is 0 Å². The van der Waals surface area contributed by atoms with Crippen LogP contribution >= 0.6 is 11.8 Å². The van der Waals surface area contributed by atoms with Gasteiger partial charge in [0, 0.05) is 16.7 Å². The minimum atomic E-state index is -0.0531.